The van der Waals surface area contributed by atoms with Crippen LogP contribution in [0, 0.1) is 17.0 Å². The Balaban J connectivity index is 2.43. The number of nitrogens with zero attached hydrogens (tertiary/aromatic N) is 1. The summed E-state index contributed by atoms with van der Waals surface area (Å²) >= 11 is 6.02. The van der Waals surface area contributed by atoms with Crippen LogP contribution in [-0.4, -0.2) is 4.92 Å². The van der Waals surface area contributed by atoms with E-state index in [2.05, 4.69) is 5.32 Å². The molecular weight excluding hydrogens is 266 g/mol. The predicted octanol–water partition coefficient (Wildman–Crippen LogP) is 3.88. The van der Waals surface area contributed by atoms with E-state index in [-0.39, 0.29) is 5.69 Å². The topological polar surface area (TPSA) is 81.2 Å². The van der Waals surface area contributed by atoms with Crippen LogP contribution in [0.3, 0.4) is 0 Å². The molecule has 0 aromatic heterocycles. The highest BCUT2D eigenvalue weighted by molar-refractivity contribution is 6.33. The summed E-state index contributed by atoms with van der Waals surface area (Å²) < 4.78 is 0. The summed E-state index contributed by atoms with van der Waals surface area (Å²) in [7, 11) is 0. The SMILES string of the molecule is Cc1ccc(Nc2cc(N)ccc2Cl)c([N+](=O)[O-])c1. The van der Waals surface area contributed by atoms with E-state index in [0.717, 1.165) is 5.56 Å². The minimum atomic E-state index is -0.435. The van der Waals surface area contributed by atoms with Crippen molar-refractivity contribution in [2.45, 2.75) is 6.92 Å². The summed E-state index contributed by atoms with van der Waals surface area (Å²) in [6, 6.07) is 9.87. The number of anilines is 3. The standard InChI is InChI=1S/C13H12ClN3O2/c1-8-2-5-11(13(6-8)17(18)19)16-12-7-9(15)3-4-10(12)14/h2-7,16H,15H2,1H3. The van der Waals surface area contributed by atoms with Gasteiger partial charge in [-0.1, -0.05) is 17.7 Å². The molecule has 0 saturated heterocycles. The minimum absolute atomic E-state index is 0.00140. The zero-order chi connectivity index (χ0) is 14.0. The van der Waals surface area contributed by atoms with Crippen molar-refractivity contribution in [1.29, 1.82) is 0 Å². The Kier molecular flexibility index (Phi) is 3.57. The third-order valence-electron chi connectivity index (χ3n) is 2.61. The van der Waals surface area contributed by atoms with Gasteiger partial charge in [0.05, 0.1) is 15.6 Å². The molecule has 0 aliphatic rings. The van der Waals surface area contributed by atoms with Crippen molar-refractivity contribution < 1.29 is 4.92 Å². The molecule has 0 amide bonds. The van der Waals surface area contributed by atoms with Gasteiger partial charge in [-0.3, -0.25) is 10.1 Å². The van der Waals surface area contributed by atoms with Crippen molar-refractivity contribution in [2.24, 2.45) is 0 Å². The quantitative estimate of drug-likeness (QED) is 0.507. The van der Waals surface area contributed by atoms with Crippen molar-refractivity contribution in [2.75, 3.05) is 11.1 Å². The Bertz CT molecular complexity index is 644. The number of hydrogen-bond acceptors (Lipinski definition) is 4. The minimum Gasteiger partial charge on any atom is -0.399 e. The van der Waals surface area contributed by atoms with Gasteiger partial charge in [-0.2, -0.15) is 0 Å². The monoisotopic (exact) mass is 277 g/mol. The Morgan fingerprint density at radius 3 is 2.63 bits per heavy atom. The van der Waals surface area contributed by atoms with Crippen molar-refractivity contribution in [1.82, 2.24) is 0 Å². The van der Waals surface area contributed by atoms with E-state index in [0.29, 0.717) is 22.1 Å². The Labute approximate surface area is 115 Å². The van der Waals surface area contributed by atoms with Crippen LogP contribution in [0.4, 0.5) is 22.7 Å². The van der Waals surface area contributed by atoms with Gasteiger partial charge >= 0.3 is 0 Å². The average molecular weight is 278 g/mol. The fourth-order valence-electron chi connectivity index (χ4n) is 1.68. The summed E-state index contributed by atoms with van der Waals surface area (Å²) in [5, 5.41) is 14.4. The molecule has 2 aromatic carbocycles. The van der Waals surface area contributed by atoms with Crippen LogP contribution in [0.5, 0.6) is 0 Å². The van der Waals surface area contributed by atoms with Crippen LogP contribution in [0.15, 0.2) is 36.4 Å². The number of rotatable bonds is 3. The first kappa shape index (κ1) is 13.2. The zero-order valence-electron chi connectivity index (χ0n) is 10.2. The van der Waals surface area contributed by atoms with E-state index in [9.17, 15) is 10.1 Å². The van der Waals surface area contributed by atoms with E-state index in [1.807, 2.05) is 0 Å². The molecule has 0 heterocycles. The highest BCUT2D eigenvalue weighted by Crippen LogP contribution is 2.32. The smallest absolute Gasteiger partial charge is 0.292 e. The molecule has 0 saturated carbocycles. The van der Waals surface area contributed by atoms with Gasteiger partial charge in [0.2, 0.25) is 0 Å². The first-order valence-electron chi connectivity index (χ1n) is 5.54. The number of nitro benzene ring substituents is 1. The van der Waals surface area contributed by atoms with Gasteiger partial charge in [0.25, 0.3) is 5.69 Å². The molecular formula is C13H12ClN3O2. The fourth-order valence-corrected chi connectivity index (χ4v) is 1.85. The van der Waals surface area contributed by atoms with Crippen LogP contribution in [0.1, 0.15) is 5.56 Å². The summed E-state index contributed by atoms with van der Waals surface area (Å²) in [6.07, 6.45) is 0. The van der Waals surface area contributed by atoms with Gasteiger partial charge in [-0.25, -0.2) is 0 Å². The van der Waals surface area contributed by atoms with E-state index in [1.165, 1.54) is 6.07 Å². The highest BCUT2D eigenvalue weighted by Gasteiger charge is 2.14. The third kappa shape index (κ3) is 2.95. The van der Waals surface area contributed by atoms with Gasteiger partial charge in [0.1, 0.15) is 5.69 Å². The highest BCUT2D eigenvalue weighted by atomic mass is 35.5. The molecule has 0 spiro atoms. The van der Waals surface area contributed by atoms with Crippen LogP contribution in [0.2, 0.25) is 5.02 Å². The Morgan fingerprint density at radius 2 is 1.95 bits per heavy atom. The number of aryl methyl sites for hydroxylation is 1. The molecule has 0 aliphatic carbocycles. The maximum absolute atomic E-state index is 11.0. The van der Waals surface area contributed by atoms with Gasteiger partial charge in [0, 0.05) is 11.8 Å². The Morgan fingerprint density at radius 1 is 1.21 bits per heavy atom. The number of nitro groups is 1. The molecule has 0 fully saturated rings. The van der Waals surface area contributed by atoms with Crippen molar-refractivity contribution in [3.8, 4) is 0 Å². The molecule has 0 radical (unpaired) electrons. The second kappa shape index (κ2) is 5.16. The van der Waals surface area contributed by atoms with Crippen molar-refractivity contribution in [3.05, 3.63) is 57.1 Å². The summed E-state index contributed by atoms with van der Waals surface area (Å²) in [5.74, 6) is 0. The Hall–Kier alpha value is -2.27. The van der Waals surface area contributed by atoms with Crippen LogP contribution < -0.4 is 11.1 Å². The molecule has 5 nitrogen and oxygen atoms in total. The molecule has 0 aliphatic heterocycles. The number of nitrogens with two attached hydrogens (primary N) is 1. The molecule has 0 bridgehead atoms. The van der Waals surface area contributed by atoms with Gasteiger partial charge < -0.3 is 11.1 Å². The summed E-state index contributed by atoms with van der Waals surface area (Å²) in [5.41, 5.74) is 7.93. The van der Waals surface area contributed by atoms with Crippen LogP contribution in [0.25, 0.3) is 0 Å². The predicted molar refractivity (Wildman–Crippen MR) is 77.0 cm³/mol. The number of benzene rings is 2. The molecule has 6 heteroatoms. The maximum atomic E-state index is 11.0. The molecule has 3 N–H and O–H groups in total. The number of nitrogens with one attached hydrogen (secondary N) is 1. The van der Waals surface area contributed by atoms with E-state index in [4.69, 9.17) is 17.3 Å². The second-order valence-corrected chi connectivity index (χ2v) is 4.55. The van der Waals surface area contributed by atoms with Crippen LogP contribution >= 0.6 is 11.6 Å². The fraction of sp³-hybridized carbons (Fsp3) is 0.0769. The summed E-state index contributed by atoms with van der Waals surface area (Å²) in [6.45, 7) is 1.80. The number of halogens is 1. The van der Waals surface area contributed by atoms with Gasteiger partial charge in [-0.15, -0.1) is 0 Å². The van der Waals surface area contributed by atoms with E-state index >= 15 is 0 Å². The average Bonchev–Trinajstić information content (AvgIpc) is 2.35. The molecule has 0 atom stereocenters. The molecule has 2 rings (SSSR count). The lowest BCUT2D eigenvalue weighted by atomic mass is 10.2. The van der Waals surface area contributed by atoms with Gasteiger partial charge in [0.15, 0.2) is 0 Å². The number of hydrogen-bond donors (Lipinski definition) is 2. The summed E-state index contributed by atoms with van der Waals surface area (Å²) in [4.78, 5) is 10.6. The van der Waals surface area contributed by atoms with E-state index in [1.54, 1.807) is 37.3 Å². The normalized spacial score (nSPS) is 10.2. The first-order valence-corrected chi connectivity index (χ1v) is 5.92. The third-order valence-corrected chi connectivity index (χ3v) is 2.94. The van der Waals surface area contributed by atoms with Crippen molar-refractivity contribution >= 4 is 34.4 Å². The maximum Gasteiger partial charge on any atom is 0.292 e. The lowest BCUT2D eigenvalue weighted by Gasteiger charge is -2.10. The largest absolute Gasteiger partial charge is 0.399 e. The second-order valence-electron chi connectivity index (χ2n) is 4.14. The number of nitrogen functional groups attached to an aromatic ring is 1. The molecule has 0 unspecified atom stereocenters. The van der Waals surface area contributed by atoms with Crippen LogP contribution in [-0.2, 0) is 0 Å². The lowest BCUT2D eigenvalue weighted by molar-refractivity contribution is -0.384. The lowest BCUT2D eigenvalue weighted by Crippen LogP contribution is -1.98. The molecule has 2 aromatic rings. The molecule has 98 valence electrons. The van der Waals surface area contributed by atoms with Crippen molar-refractivity contribution in [3.63, 3.8) is 0 Å². The zero-order valence-corrected chi connectivity index (χ0v) is 10.9. The first-order chi connectivity index (χ1) is 8.97. The molecule has 19 heavy (non-hydrogen) atoms. The van der Waals surface area contributed by atoms with Gasteiger partial charge in [-0.05, 0) is 36.8 Å². The van der Waals surface area contributed by atoms with E-state index < -0.39 is 4.92 Å².